The standard InChI is InChI=1S/C26H40N2O3/c1-17(28-22(23(29)30-9)16-19-10-12-20(27)13-11-19)21-14-15-26(8,25(21,6)7)18(2)31-24(3,4)5/h10-13,21-22,28H,1-2,14-16,27H2,3-9H3/t21-,22+,26+/m1/s1. The molecule has 5 nitrogen and oxygen atoms in total. The van der Waals surface area contributed by atoms with Crippen LogP contribution >= 0.6 is 0 Å². The zero-order valence-corrected chi connectivity index (χ0v) is 20.3. The quantitative estimate of drug-likeness (QED) is 0.337. The molecule has 1 aromatic rings. The van der Waals surface area contributed by atoms with Crippen molar-refractivity contribution in [3.8, 4) is 0 Å². The fourth-order valence-corrected chi connectivity index (χ4v) is 4.64. The molecule has 0 saturated heterocycles. The fraction of sp³-hybridized carbons (Fsp3) is 0.577. The van der Waals surface area contributed by atoms with E-state index in [1.165, 1.54) is 7.11 Å². The molecule has 1 aliphatic carbocycles. The summed E-state index contributed by atoms with van der Waals surface area (Å²) in [6.45, 7) is 21.4. The maximum atomic E-state index is 12.5. The third kappa shape index (κ3) is 5.44. The van der Waals surface area contributed by atoms with Crippen molar-refractivity contribution in [2.24, 2.45) is 16.7 Å². The Balaban J connectivity index is 2.19. The molecule has 0 spiro atoms. The van der Waals surface area contributed by atoms with Crippen molar-refractivity contribution in [3.05, 3.63) is 54.4 Å². The Morgan fingerprint density at radius 3 is 2.32 bits per heavy atom. The highest BCUT2D eigenvalue weighted by Gasteiger charge is 2.55. The number of nitrogens with one attached hydrogen (secondary N) is 1. The van der Waals surface area contributed by atoms with E-state index in [2.05, 4.69) is 39.2 Å². The molecule has 0 aromatic heterocycles. The molecule has 5 heteroatoms. The van der Waals surface area contributed by atoms with Crippen LogP contribution in [-0.2, 0) is 20.7 Å². The van der Waals surface area contributed by atoms with E-state index in [0.717, 1.165) is 29.9 Å². The van der Waals surface area contributed by atoms with Gasteiger partial charge in [-0.15, -0.1) is 0 Å². The molecule has 0 aliphatic heterocycles. The number of anilines is 1. The molecule has 0 amide bonds. The van der Waals surface area contributed by atoms with Crippen LogP contribution in [0.1, 0.15) is 59.9 Å². The number of carbonyl (C=O) groups excluding carboxylic acids is 1. The summed E-state index contributed by atoms with van der Waals surface area (Å²) >= 11 is 0. The SMILES string of the molecule is C=C(N[C@@H](Cc1ccc(N)cc1)C(=O)OC)[C@H]1CC[C@@](C)(C(=C)OC(C)(C)C)C1(C)C. The summed E-state index contributed by atoms with van der Waals surface area (Å²) in [6.07, 6.45) is 2.38. The topological polar surface area (TPSA) is 73.6 Å². The number of ether oxygens (including phenoxy) is 2. The third-order valence-corrected chi connectivity index (χ3v) is 6.96. The molecule has 172 valence electrons. The maximum Gasteiger partial charge on any atom is 0.328 e. The largest absolute Gasteiger partial charge is 0.493 e. The van der Waals surface area contributed by atoms with Gasteiger partial charge in [0.25, 0.3) is 0 Å². The van der Waals surface area contributed by atoms with Crippen molar-refractivity contribution >= 4 is 11.7 Å². The molecule has 3 N–H and O–H groups in total. The Kier molecular flexibility index (Phi) is 7.19. The zero-order valence-electron chi connectivity index (χ0n) is 20.3. The Bertz CT molecular complexity index is 820. The molecule has 0 heterocycles. The molecule has 0 radical (unpaired) electrons. The number of nitrogen functional groups attached to an aromatic ring is 1. The number of nitrogens with two attached hydrogens (primary N) is 1. The van der Waals surface area contributed by atoms with Gasteiger partial charge in [0.2, 0.25) is 0 Å². The van der Waals surface area contributed by atoms with Crippen LogP contribution in [0, 0.1) is 16.7 Å². The molecule has 3 atom stereocenters. The first-order chi connectivity index (χ1) is 14.2. The first-order valence-electron chi connectivity index (χ1n) is 11.0. The van der Waals surface area contributed by atoms with Gasteiger partial charge >= 0.3 is 5.97 Å². The van der Waals surface area contributed by atoms with Crippen molar-refractivity contribution in [1.82, 2.24) is 5.32 Å². The summed E-state index contributed by atoms with van der Waals surface area (Å²) in [5.41, 5.74) is 7.69. The minimum absolute atomic E-state index is 0.152. The Morgan fingerprint density at radius 1 is 1.23 bits per heavy atom. The number of methoxy groups -OCH3 is 1. The number of esters is 1. The second kappa shape index (κ2) is 8.97. The van der Waals surface area contributed by atoms with E-state index in [4.69, 9.17) is 15.2 Å². The van der Waals surface area contributed by atoms with Gasteiger partial charge in [0.1, 0.15) is 11.6 Å². The van der Waals surface area contributed by atoms with Gasteiger partial charge in [-0.3, -0.25) is 0 Å². The summed E-state index contributed by atoms with van der Waals surface area (Å²) in [7, 11) is 1.41. The van der Waals surface area contributed by atoms with Gasteiger partial charge in [0.15, 0.2) is 0 Å². The lowest BCUT2D eigenvalue weighted by atomic mass is 9.64. The Labute approximate surface area is 188 Å². The smallest absolute Gasteiger partial charge is 0.328 e. The molecule has 0 unspecified atom stereocenters. The van der Waals surface area contributed by atoms with E-state index in [0.29, 0.717) is 12.1 Å². The van der Waals surface area contributed by atoms with E-state index in [1.54, 1.807) is 0 Å². The zero-order chi connectivity index (χ0) is 23.6. The lowest BCUT2D eigenvalue weighted by Crippen LogP contribution is -2.44. The van der Waals surface area contributed by atoms with Gasteiger partial charge in [-0.2, -0.15) is 0 Å². The average molecular weight is 429 g/mol. The molecule has 1 aromatic carbocycles. The van der Waals surface area contributed by atoms with Crippen LogP contribution in [0.25, 0.3) is 0 Å². The summed E-state index contributed by atoms with van der Waals surface area (Å²) in [6, 6.07) is 7.02. The fourth-order valence-electron chi connectivity index (χ4n) is 4.64. The van der Waals surface area contributed by atoms with Crippen LogP contribution < -0.4 is 11.1 Å². The highest BCUT2D eigenvalue weighted by molar-refractivity contribution is 5.76. The normalized spacial score (nSPS) is 23.6. The Morgan fingerprint density at radius 2 is 1.81 bits per heavy atom. The van der Waals surface area contributed by atoms with E-state index < -0.39 is 6.04 Å². The van der Waals surface area contributed by atoms with Gasteiger partial charge in [-0.05, 0) is 56.7 Å². The molecule has 1 saturated carbocycles. The monoisotopic (exact) mass is 428 g/mol. The second-order valence-electron chi connectivity index (χ2n) is 10.5. The first kappa shape index (κ1) is 24.8. The molecular formula is C26H40N2O3. The molecular weight excluding hydrogens is 388 g/mol. The van der Waals surface area contributed by atoms with Gasteiger partial charge < -0.3 is 20.5 Å². The van der Waals surface area contributed by atoms with E-state index in [9.17, 15) is 4.79 Å². The van der Waals surface area contributed by atoms with Crippen LogP contribution in [0.3, 0.4) is 0 Å². The minimum Gasteiger partial charge on any atom is -0.493 e. The molecule has 31 heavy (non-hydrogen) atoms. The first-order valence-corrected chi connectivity index (χ1v) is 11.0. The summed E-state index contributed by atoms with van der Waals surface area (Å²) in [5, 5.41) is 3.38. The van der Waals surface area contributed by atoms with Crippen LogP contribution in [-0.4, -0.2) is 24.7 Å². The molecule has 0 bridgehead atoms. The van der Waals surface area contributed by atoms with Gasteiger partial charge in [-0.25, -0.2) is 4.79 Å². The third-order valence-electron chi connectivity index (χ3n) is 6.96. The average Bonchev–Trinajstić information content (AvgIpc) is 2.91. The minimum atomic E-state index is -0.516. The number of benzene rings is 1. The summed E-state index contributed by atoms with van der Waals surface area (Å²) in [5.74, 6) is 0.667. The molecule has 1 aliphatic rings. The van der Waals surface area contributed by atoms with Crippen LogP contribution in [0.15, 0.2) is 48.9 Å². The molecule has 1 fully saturated rings. The lowest BCUT2D eigenvalue weighted by molar-refractivity contribution is -0.143. The number of carbonyl (C=O) groups is 1. The van der Waals surface area contributed by atoms with Crippen molar-refractivity contribution in [1.29, 1.82) is 0 Å². The second-order valence-corrected chi connectivity index (χ2v) is 10.5. The number of allylic oxidation sites excluding steroid dienone is 2. The highest BCUT2D eigenvalue weighted by Crippen LogP contribution is 2.61. The van der Waals surface area contributed by atoms with E-state index in [1.807, 2.05) is 45.0 Å². The van der Waals surface area contributed by atoms with Crippen LogP contribution in [0.5, 0.6) is 0 Å². The van der Waals surface area contributed by atoms with Crippen molar-refractivity contribution in [3.63, 3.8) is 0 Å². The summed E-state index contributed by atoms with van der Waals surface area (Å²) < 4.78 is 11.2. The predicted octanol–water partition coefficient (Wildman–Crippen LogP) is 5.23. The number of hydrogen-bond donors (Lipinski definition) is 2. The summed E-state index contributed by atoms with van der Waals surface area (Å²) in [4.78, 5) is 12.5. The van der Waals surface area contributed by atoms with Gasteiger partial charge in [0.05, 0.1) is 12.9 Å². The van der Waals surface area contributed by atoms with E-state index in [-0.39, 0.29) is 28.3 Å². The van der Waals surface area contributed by atoms with Gasteiger partial charge in [-0.1, -0.05) is 46.1 Å². The maximum absolute atomic E-state index is 12.5. The molecule has 2 rings (SSSR count). The number of hydrogen-bond acceptors (Lipinski definition) is 5. The van der Waals surface area contributed by atoms with Gasteiger partial charge in [0, 0.05) is 29.1 Å². The highest BCUT2D eigenvalue weighted by atomic mass is 16.5. The predicted molar refractivity (Wildman–Crippen MR) is 127 cm³/mol. The number of rotatable bonds is 8. The lowest BCUT2D eigenvalue weighted by Gasteiger charge is -2.45. The van der Waals surface area contributed by atoms with Crippen LogP contribution in [0.4, 0.5) is 5.69 Å². The van der Waals surface area contributed by atoms with Crippen molar-refractivity contribution < 1.29 is 14.3 Å². The van der Waals surface area contributed by atoms with Crippen molar-refractivity contribution in [2.45, 2.75) is 72.4 Å². The van der Waals surface area contributed by atoms with E-state index >= 15 is 0 Å². The van der Waals surface area contributed by atoms with Crippen molar-refractivity contribution in [2.75, 3.05) is 12.8 Å². The van der Waals surface area contributed by atoms with Crippen LogP contribution in [0.2, 0.25) is 0 Å². The Hall–Kier alpha value is -2.43.